The molecule has 5 nitrogen and oxygen atoms in total. The van der Waals surface area contributed by atoms with E-state index in [1.54, 1.807) is 24.9 Å². The Morgan fingerprint density at radius 3 is 2.76 bits per heavy atom. The van der Waals surface area contributed by atoms with Crippen molar-refractivity contribution >= 4 is 34.3 Å². The number of aromatic nitrogens is 2. The predicted molar refractivity (Wildman–Crippen MR) is 137 cm³/mol. The molecule has 0 radical (unpaired) electrons. The number of hydrogen-bond donors (Lipinski definition) is 1. The molecule has 0 spiro atoms. The molecule has 1 saturated heterocycles. The van der Waals surface area contributed by atoms with Crippen molar-refractivity contribution in [3.05, 3.63) is 59.4 Å². The van der Waals surface area contributed by atoms with E-state index in [1.807, 2.05) is 36.5 Å². The highest BCUT2D eigenvalue weighted by molar-refractivity contribution is 7.99. The minimum absolute atomic E-state index is 0.0783. The fraction of sp³-hybridized carbons (Fsp3) is 0.462. The first-order chi connectivity index (χ1) is 16.5. The summed E-state index contributed by atoms with van der Waals surface area (Å²) >= 11 is 8.15. The Balaban J connectivity index is 1.34. The second kappa shape index (κ2) is 11.7. The Hall–Kier alpha value is -1.93. The Labute approximate surface area is 209 Å². The molecule has 1 aliphatic heterocycles. The summed E-state index contributed by atoms with van der Waals surface area (Å²) in [5, 5.41) is 12.3. The third-order valence-electron chi connectivity index (χ3n) is 6.86. The molecule has 1 aromatic carbocycles. The molecule has 8 heteroatoms. The number of piperidine rings is 1. The normalized spacial score (nSPS) is 17.1. The number of nitrogens with zero attached hydrogens (tertiary/aromatic N) is 3. The van der Waals surface area contributed by atoms with E-state index >= 15 is 4.39 Å². The molecular weight excluding hydrogens is 473 g/mol. The largest absolute Gasteiger partial charge is 0.497 e. The maximum Gasteiger partial charge on any atom is 0.127 e. The van der Waals surface area contributed by atoms with Crippen LogP contribution in [0, 0.1) is 5.41 Å². The quantitative estimate of drug-likeness (QED) is 0.345. The van der Waals surface area contributed by atoms with Crippen LogP contribution in [0.25, 0.3) is 10.9 Å². The molecule has 1 N–H and O–H groups in total. The minimum Gasteiger partial charge on any atom is -0.497 e. The maximum absolute atomic E-state index is 15.6. The number of benzene rings is 1. The van der Waals surface area contributed by atoms with Gasteiger partial charge in [0, 0.05) is 42.2 Å². The maximum atomic E-state index is 15.6. The number of alkyl halides is 1. The summed E-state index contributed by atoms with van der Waals surface area (Å²) in [6.07, 6.45) is 4.75. The molecule has 182 valence electrons. The molecule has 34 heavy (non-hydrogen) atoms. The van der Waals surface area contributed by atoms with Crippen molar-refractivity contribution in [2.75, 3.05) is 39.1 Å². The summed E-state index contributed by atoms with van der Waals surface area (Å²) in [4.78, 5) is 11.1. The molecule has 2 aromatic heterocycles. The predicted octanol–water partition coefficient (Wildman–Crippen LogP) is 5.95. The van der Waals surface area contributed by atoms with Crippen molar-refractivity contribution in [1.29, 1.82) is 0 Å². The summed E-state index contributed by atoms with van der Waals surface area (Å²) in [5.41, 5.74) is 0.904. The fourth-order valence-corrected chi connectivity index (χ4v) is 5.78. The lowest BCUT2D eigenvalue weighted by atomic mass is 9.74. The highest BCUT2D eigenvalue weighted by atomic mass is 35.5. The third-order valence-corrected chi connectivity index (χ3v) is 8.08. The van der Waals surface area contributed by atoms with Gasteiger partial charge in [0.1, 0.15) is 11.9 Å². The number of aliphatic hydroxyl groups excluding tert-OH is 1. The average molecular weight is 504 g/mol. The van der Waals surface area contributed by atoms with E-state index in [9.17, 15) is 5.11 Å². The van der Waals surface area contributed by atoms with Crippen molar-refractivity contribution in [3.8, 4) is 5.75 Å². The number of ether oxygens (including phenoxy) is 1. The van der Waals surface area contributed by atoms with Gasteiger partial charge in [-0.3, -0.25) is 4.98 Å². The molecular formula is C26H31ClFN3O2S. The zero-order chi connectivity index (χ0) is 24.0. The molecule has 1 unspecified atom stereocenters. The first-order valence-corrected chi connectivity index (χ1v) is 13.0. The van der Waals surface area contributed by atoms with E-state index in [-0.39, 0.29) is 12.0 Å². The van der Waals surface area contributed by atoms with Crippen LogP contribution in [0.5, 0.6) is 5.75 Å². The number of thioether (sulfide) groups is 1. The molecule has 0 aliphatic carbocycles. The monoisotopic (exact) mass is 503 g/mol. The highest BCUT2D eigenvalue weighted by Crippen LogP contribution is 2.41. The van der Waals surface area contributed by atoms with Gasteiger partial charge in [0.2, 0.25) is 0 Å². The van der Waals surface area contributed by atoms with Gasteiger partial charge < -0.3 is 14.7 Å². The summed E-state index contributed by atoms with van der Waals surface area (Å²) in [7, 11) is 1.58. The van der Waals surface area contributed by atoms with Crippen molar-refractivity contribution in [2.45, 2.75) is 36.9 Å². The molecule has 0 bridgehead atoms. The smallest absolute Gasteiger partial charge is 0.127 e. The second-order valence-electron chi connectivity index (χ2n) is 8.93. The van der Waals surface area contributed by atoms with Gasteiger partial charge in [0.15, 0.2) is 0 Å². The lowest BCUT2D eigenvalue weighted by Gasteiger charge is -2.41. The van der Waals surface area contributed by atoms with Crippen LogP contribution in [-0.2, 0) is 0 Å². The summed E-state index contributed by atoms with van der Waals surface area (Å²) < 4.78 is 20.9. The number of methoxy groups -OCH3 is 1. The van der Waals surface area contributed by atoms with Crippen LogP contribution in [0.3, 0.4) is 0 Å². The third kappa shape index (κ3) is 6.00. The number of aliphatic hydroxyl groups is 1. The van der Waals surface area contributed by atoms with Crippen molar-refractivity contribution in [3.63, 3.8) is 0 Å². The van der Waals surface area contributed by atoms with Crippen molar-refractivity contribution in [2.24, 2.45) is 5.41 Å². The van der Waals surface area contributed by atoms with Gasteiger partial charge in [0.05, 0.1) is 22.7 Å². The van der Waals surface area contributed by atoms with Crippen LogP contribution in [-0.4, -0.2) is 59.1 Å². The summed E-state index contributed by atoms with van der Waals surface area (Å²) in [6.45, 7) is 2.89. The molecule has 1 aliphatic rings. The highest BCUT2D eigenvalue weighted by Gasteiger charge is 2.35. The first-order valence-electron chi connectivity index (χ1n) is 11.7. The molecule has 3 heterocycles. The Morgan fingerprint density at radius 1 is 1.24 bits per heavy atom. The van der Waals surface area contributed by atoms with Gasteiger partial charge in [-0.05, 0) is 74.5 Å². The van der Waals surface area contributed by atoms with Crippen LogP contribution in [0.4, 0.5) is 4.39 Å². The van der Waals surface area contributed by atoms with E-state index in [0.29, 0.717) is 40.1 Å². The summed E-state index contributed by atoms with van der Waals surface area (Å²) in [6, 6.07) is 11.4. The number of likely N-dealkylation sites (tertiary alicyclic amines) is 1. The van der Waals surface area contributed by atoms with Gasteiger partial charge >= 0.3 is 0 Å². The zero-order valence-electron chi connectivity index (χ0n) is 19.4. The Bertz CT molecular complexity index is 1080. The van der Waals surface area contributed by atoms with Crippen molar-refractivity contribution in [1.82, 2.24) is 14.9 Å². The SMILES string of the molecule is COc1ccc2ncc(Cl)c(C(F)CCC3(CO)CCN(CCSc4ccccn4)CC3)c2c1. The molecule has 0 amide bonds. The minimum atomic E-state index is -1.23. The van der Waals surface area contributed by atoms with Crippen LogP contribution >= 0.6 is 23.4 Å². The van der Waals surface area contributed by atoms with Crippen molar-refractivity contribution < 1.29 is 14.2 Å². The van der Waals surface area contributed by atoms with Gasteiger partial charge in [-0.2, -0.15) is 0 Å². The zero-order valence-corrected chi connectivity index (χ0v) is 21.0. The Morgan fingerprint density at radius 2 is 2.06 bits per heavy atom. The van der Waals surface area contributed by atoms with E-state index in [1.165, 1.54) is 6.20 Å². The molecule has 4 rings (SSSR count). The van der Waals surface area contributed by atoms with E-state index in [0.717, 1.165) is 43.3 Å². The van der Waals surface area contributed by atoms with Gasteiger partial charge in [-0.1, -0.05) is 17.7 Å². The van der Waals surface area contributed by atoms with Gasteiger partial charge in [-0.25, -0.2) is 9.37 Å². The second-order valence-corrected chi connectivity index (χ2v) is 10.4. The van der Waals surface area contributed by atoms with E-state index in [2.05, 4.69) is 14.9 Å². The van der Waals surface area contributed by atoms with Crippen LogP contribution in [0.15, 0.2) is 53.8 Å². The lowest BCUT2D eigenvalue weighted by Crippen LogP contribution is -2.42. The molecule has 1 atom stereocenters. The summed E-state index contributed by atoms with van der Waals surface area (Å²) in [5.74, 6) is 1.62. The number of halogens is 2. The number of fused-ring (bicyclic) bond motifs is 1. The molecule has 1 fully saturated rings. The van der Waals surface area contributed by atoms with Crippen LogP contribution in [0.2, 0.25) is 5.02 Å². The molecule has 3 aromatic rings. The number of pyridine rings is 2. The van der Waals surface area contributed by atoms with E-state index < -0.39 is 6.17 Å². The molecule has 0 saturated carbocycles. The lowest BCUT2D eigenvalue weighted by molar-refractivity contribution is 0.0323. The fourth-order valence-electron chi connectivity index (χ4n) is 4.64. The van der Waals surface area contributed by atoms with Crippen LogP contribution in [0.1, 0.15) is 37.4 Å². The van der Waals surface area contributed by atoms with Crippen LogP contribution < -0.4 is 4.74 Å². The number of hydrogen-bond acceptors (Lipinski definition) is 6. The Kier molecular flexibility index (Phi) is 8.64. The average Bonchev–Trinajstić information content (AvgIpc) is 2.88. The first kappa shape index (κ1) is 25.2. The number of rotatable bonds is 10. The van der Waals surface area contributed by atoms with E-state index in [4.69, 9.17) is 16.3 Å². The standard InChI is InChI=1S/C26H31ClFN3O2S/c1-33-19-5-6-23-20(16-19)25(21(27)17-30-23)22(28)7-8-26(18-32)9-12-31(13-10-26)14-15-34-24-4-2-3-11-29-24/h2-6,11,16-17,22,32H,7-10,12-15,18H2,1H3. The van der Waals surface area contributed by atoms with Gasteiger partial charge in [-0.15, -0.1) is 11.8 Å². The topological polar surface area (TPSA) is 58.5 Å². The van der Waals surface area contributed by atoms with Gasteiger partial charge in [0.25, 0.3) is 0 Å².